The Labute approximate surface area is 216 Å². The third-order valence-electron chi connectivity index (χ3n) is 8.40. The standard InChI is InChI=1S/C31H33FN2O3/c1-37-31(36)22-11-12-26-27(18-22)34-19-23(30(35)33-15-13-24(32)14-16-33)17-21-9-5-6-10-25(21)29(34)28(26)20-7-3-2-4-8-20/h5-6,9-12,17-18,20,24H,2-4,7-8,13-16,19H2,1H3. The van der Waals surface area contributed by atoms with Crippen LogP contribution in [0.4, 0.5) is 4.39 Å². The molecule has 5 nitrogen and oxygen atoms in total. The highest BCUT2D eigenvalue weighted by Gasteiger charge is 2.32. The molecule has 0 N–H and O–H groups in total. The summed E-state index contributed by atoms with van der Waals surface area (Å²) in [5.74, 6) is 0.0386. The predicted octanol–water partition coefficient (Wildman–Crippen LogP) is 6.50. The molecule has 1 saturated heterocycles. The lowest BCUT2D eigenvalue weighted by Crippen LogP contribution is -2.40. The van der Waals surface area contributed by atoms with Crippen LogP contribution in [-0.2, 0) is 16.1 Å². The number of rotatable bonds is 3. The number of piperidine rings is 1. The first kappa shape index (κ1) is 24.0. The van der Waals surface area contributed by atoms with E-state index in [4.69, 9.17) is 4.74 Å². The van der Waals surface area contributed by atoms with Crippen molar-refractivity contribution in [1.29, 1.82) is 0 Å². The number of carbonyl (C=O) groups excluding carboxylic acids is 2. The number of hydrogen-bond donors (Lipinski definition) is 0. The first-order valence-electron chi connectivity index (χ1n) is 13.5. The Bertz CT molecular complexity index is 1390. The molecular formula is C31H33FN2O3. The smallest absolute Gasteiger partial charge is 0.337 e. The number of fused-ring (bicyclic) bond motifs is 5. The normalized spacial score (nSPS) is 18.6. The molecule has 0 unspecified atom stereocenters. The maximum atomic E-state index is 13.8. The van der Waals surface area contributed by atoms with Gasteiger partial charge in [-0.05, 0) is 60.9 Å². The quantitative estimate of drug-likeness (QED) is 0.386. The van der Waals surface area contributed by atoms with Gasteiger partial charge in [0.1, 0.15) is 6.17 Å². The van der Waals surface area contributed by atoms with E-state index in [9.17, 15) is 14.0 Å². The fourth-order valence-corrected chi connectivity index (χ4v) is 6.51. The first-order chi connectivity index (χ1) is 18.0. The van der Waals surface area contributed by atoms with E-state index in [1.807, 2.05) is 24.3 Å². The summed E-state index contributed by atoms with van der Waals surface area (Å²) in [4.78, 5) is 28.0. The highest BCUT2D eigenvalue weighted by Crippen LogP contribution is 2.46. The molecule has 2 aliphatic heterocycles. The molecule has 192 valence electrons. The van der Waals surface area contributed by atoms with Crippen LogP contribution in [0.5, 0.6) is 0 Å². The zero-order chi connectivity index (χ0) is 25.5. The van der Waals surface area contributed by atoms with Crippen LogP contribution in [0.25, 0.3) is 28.2 Å². The molecule has 1 amide bonds. The summed E-state index contributed by atoms with van der Waals surface area (Å²) in [6.07, 6.45) is 7.95. The number of amides is 1. The lowest BCUT2D eigenvalue weighted by atomic mass is 9.81. The lowest BCUT2D eigenvalue weighted by molar-refractivity contribution is -0.128. The number of nitrogens with zero attached hydrogens (tertiary/aromatic N) is 2. The Morgan fingerprint density at radius 1 is 0.973 bits per heavy atom. The summed E-state index contributed by atoms with van der Waals surface area (Å²) in [5, 5.41) is 1.15. The molecule has 37 heavy (non-hydrogen) atoms. The Balaban J connectivity index is 1.55. The van der Waals surface area contributed by atoms with Gasteiger partial charge in [0.05, 0.1) is 24.9 Å². The molecule has 0 bridgehead atoms. The van der Waals surface area contributed by atoms with Crippen molar-refractivity contribution in [3.05, 3.63) is 64.7 Å². The van der Waals surface area contributed by atoms with E-state index in [0.717, 1.165) is 40.6 Å². The second kappa shape index (κ2) is 9.81. The van der Waals surface area contributed by atoms with Gasteiger partial charge in [0.15, 0.2) is 0 Å². The van der Waals surface area contributed by atoms with E-state index in [2.05, 4.69) is 28.8 Å². The summed E-state index contributed by atoms with van der Waals surface area (Å²) in [5.41, 5.74) is 6.78. The van der Waals surface area contributed by atoms with Crippen molar-refractivity contribution in [1.82, 2.24) is 9.47 Å². The van der Waals surface area contributed by atoms with Crippen LogP contribution in [0.2, 0.25) is 0 Å². The number of hydrogen-bond acceptors (Lipinski definition) is 3. The van der Waals surface area contributed by atoms with Gasteiger partial charge in [-0.3, -0.25) is 4.79 Å². The second-order valence-corrected chi connectivity index (χ2v) is 10.6. The van der Waals surface area contributed by atoms with Crippen molar-refractivity contribution < 1.29 is 18.7 Å². The van der Waals surface area contributed by atoms with Crippen molar-refractivity contribution >= 4 is 28.9 Å². The molecule has 6 rings (SSSR count). The minimum Gasteiger partial charge on any atom is -0.465 e. The zero-order valence-corrected chi connectivity index (χ0v) is 21.3. The molecule has 0 atom stereocenters. The molecule has 0 spiro atoms. The molecule has 2 fully saturated rings. The van der Waals surface area contributed by atoms with Gasteiger partial charge in [-0.1, -0.05) is 49.6 Å². The number of alkyl halides is 1. The average molecular weight is 501 g/mol. The average Bonchev–Trinajstić information content (AvgIpc) is 3.15. The summed E-state index contributed by atoms with van der Waals surface area (Å²) in [6.45, 7) is 1.29. The molecule has 2 aromatic carbocycles. The minimum atomic E-state index is -0.831. The van der Waals surface area contributed by atoms with Crippen molar-refractivity contribution in [2.45, 2.75) is 63.6 Å². The molecule has 0 radical (unpaired) electrons. The predicted molar refractivity (Wildman–Crippen MR) is 143 cm³/mol. The van der Waals surface area contributed by atoms with Gasteiger partial charge in [0.25, 0.3) is 5.91 Å². The van der Waals surface area contributed by atoms with Crippen LogP contribution in [0.15, 0.2) is 48.0 Å². The summed E-state index contributed by atoms with van der Waals surface area (Å²) < 4.78 is 21.1. The van der Waals surface area contributed by atoms with Crippen LogP contribution in [0.1, 0.15) is 72.3 Å². The van der Waals surface area contributed by atoms with Gasteiger partial charge in [0, 0.05) is 35.1 Å². The van der Waals surface area contributed by atoms with E-state index < -0.39 is 6.17 Å². The van der Waals surface area contributed by atoms with Crippen LogP contribution in [0, 0.1) is 0 Å². The SMILES string of the molecule is COC(=O)c1ccc2c(C3CCCCC3)c3n(c2c1)CC(C(=O)N1CCC(F)CC1)=Cc1ccccc1-3. The molecule has 1 aromatic heterocycles. The van der Waals surface area contributed by atoms with E-state index >= 15 is 0 Å². The largest absolute Gasteiger partial charge is 0.465 e. The number of likely N-dealkylation sites (tertiary alicyclic amines) is 1. The van der Waals surface area contributed by atoms with Crippen LogP contribution in [0.3, 0.4) is 0 Å². The van der Waals surface area contributed by atoms with E-state index in [0.29, 0.717) is 49.5 Å². The lowest BCUT2D eigenvalue weighted by Gasteiger charge is -2.29. The van der Waals surface area contributed by atoms with Crippen molar-refractivity contribution in [2.75, 3.05) is 20.2 Å². The minimum absolute atomic E-state index is 0.0280. The third-order valence-corrected chi connectivity index (χ3v) is 8.40. The van der Waals surface area contributed by atoms with E-state index in [-0.39, 0.29) is 11.9 Å². The second-order valence-electron chi connectivity index (χ2n) is 10.6. The van der Waals surface area contributed by atoms with Crippen molar-refractivity contribution in [2.24, 2.45) is 0 Å². The topological polar surface area (TPSA) is 51.5 Å². The van der Waals surface area contributed by atoms with Crippen LogP contribution in [-0.4, -0.2) is 47.7 Å². The molecule has 1 saturated carbocycles. The fourth-order valence-electron chi connectivity index (χ4n) is 6.51. The van der Waals surface area contributed by atoms with E-state index in [1.54, 1.807) is 4.90 Å². The monoisotopic (exact) mass is 500 g/mol. The highest BCUT2D eigenvalue weighted by molar-refractivity contribution is 6.03. The molecule has 3 aliphatic rings. The van der Waals surface area contributed by atoms with Gasteiger partial charge in [-0.25, -0.2) is 9.18 Å². The Morgan fingerprint density at radius 3 is 2.49 bits per heavy atom. The zero-order valence-electron chi connectivity index (χ0n) is 21.3. The van der Waals surface area contributed by atoms with Crippen LogP contribution >= 0.6 is 0 Å². The highest BCUT2D eigenvalue weighted by atomic mass is 19.1. The first-order valence-corrected chi connectivity index (χ1v) is 13.5. The van der Waals surface area contributed by atoms with E-state index in [1.165, 1.54) is 31.9 Å². The van der Waals surface area contributed by atoms with Gasteiger partial charge in [0.2, 0.25) is 0 Å². The number of ether oxygens (including phenoxy) is 1. The number of methoxy groups -OCH3 is 1. The van der Waals surface area contributed by atoms with Crippen molar-refractivity contribution in [3.63, 3.8) is 0 Å². The van der Waals surface area contributed by atoms with Gasteiger partial charge >= 0.3 is 5.97 Å². The molecule has 3 heterocycles. The Hall–Kier alpha value is -3.41. The molecule has 6 heteroatoms. The van der Waals surface area contributed by atoms with Gasteiger partial charge < -0.3 is 14.2 Å². The number of carbonyl (C=O) groups is 2. The van der Waals surface area contributed by atoms with Crippen LogP contribution < -0.4 is 0 Å². The Morgan fingerprint density at radius 2 is 1.73 bits per heavy atom. The number of aromatic nitrogens is 1. The summed E-state index contributed by atoms with van der Waals surface area (Å²) in [6, 6.07) is 14.1. The number of esters is 1. The maximum Gasteiger partial charge on any atom is 0.337 e. The fraction of sp³-hybridized carbons (Fsp3) is 0.419. The van der Waals surface area contributed by atoms with Crippen molar-refractivity contribution in [3.8, 4) is 11.3 Å². The van der Waals surface area contributed by atoms with Gasteiger partial charge in [-0.15, -0.1) is 0 Å². The number of halogens is 1. The molecule has 1 aliphatic carbocycles. The van der Waals surface area contributed by atoms with Gasteiger partial charge in [-0.2, -0.15) is 0 Å². The third kappa shape index (κ3) is 4.26. The summed E-state index contributed by atoms with van der Waals surface area (Å²) >= 11 is 0. The number of benzene rings is 2. The maximum absolute atomic E-state index is 13.8. The molecule has 3 aromatic rings. The summed E-state index contributed by atoms with van der Waals surface area (Å²) in [7, 11) is 1.40. The Kier molecular flexibility index (Phi) is 6.35. The molecular weight excluding hydrogens is 467 g/mol.